The van der Waals surface area contributed by atoms with Crippen molar-refractivity contribution in [3.05, 3.63) is 0 Å². The number of likely N-dealkylation sites (tertiary alicyclic amines) is 1. The van der Waals surface area contributed by atoms with Crippen LogP contribution in [-0.4, -0.2) is 44.3 Å². The maximum absolute atomic E-state index is 11.2. The van der Waals surface area contributed by atoms with E-state index in [2.05, 4.69) is 0 Å². The molecule has 1 saturated heterocycles. The van der Waals surface area contributed by atoms with Gasteiger partial charge in [0.15, 0.2) is 0 Å². The first kappa shape index (κ1) is 10.5. The lowest BCUT2D eigenvalue weighted by Crippen LogP contribution is -2.57. The minimum Gasteiger partial charge on any atom is -0.342 e. The summed E-state index contributed by atoms with van der Waals surface area (Å²) in [6.07, 6.45) is 1.66. The third-order valence-electron chi connectivity index (χ3n) is 2.66. The van der Waals surface area contributed by atoms with Crippen molar-refractivity contribution in [2.75, 3.05) is 19.1 Å². The lowest BCUT2D eigenvalue weighted by atomic mass is 9.87. The zero-order valence-electron chi connectivity index (χ0n) is 8.15. The number of sulfone groups is 1. The Hall–Kier alpha value is -0.580. The van der Waals surface area contributed by atoms with Gasteiger partial charge in [-0.2, -0.15) is 0 Å². The van der Waals surface area contributed by atoms with Gasteiger partial charge in [0.2, 0.25) is 5.91 Å². The molecule has 0 aromatic heterocycles. The Balaban J connectivity index is 2.45. The fourth-order valence-electron chi connectivity index (χ4n) is 1.56. The van der Waals surface area contributed by atoms with Gasteiger partial charge in [-0.1, -0.05) is 0 Å². The maximum Gasteiger partial charge on any atom is 0.227 e. The van der Waals surface area contributed by atoms with Gasteiger partial charge in [-0.05, 0) is 13.3 Å². The Morgan fingerprint density at radius 1 is 1.46 bits per heavy atom. The van der Waals surface area contributed by atoms with E-state index < -0.39 is 9.84 Å². The Morgan fingerprint density at radius 2 is 2.00 bits per heavy atom. The van der Waals surface area contributed by atoms with Crippen LogP contribution < -0.4 is 0 Å². The minimum atomic E-state index is -2.93. The molecule has 0 aromatic rings. The molecule has 0 saturated carbocycles. The third-order valence-corrected chi connectivity index (χ3v) is 3.63. The van der Waals surface area contributed by atoms with Crippen LogP contribution in [-0.2, 0) is 14.6 Å². The van der Waals surface area contributed by atoms with Crippen LogP contribution in [0.1, 0.15) is 13.3 Å². The van der Waals surface area contributed by atoms with Crippen LogP contribution in [0, 0.1) is 5.92 Å². The van der Waals surface area contributed by atoms with Crippen LogP contribution in [0.5, 0.6) is 0 Å². The Kier molecular flexibility index (Phi) is 2.66. The minimum absolute atomic E-state index is 0.0659. The fourth-order valence-corrected chi connectivity index (χ4v) is 2.24. The molecule has 1 heterocycles. The molecule has 1 amide bonds. The van der Waals surface area contributed by atoms with Gasteiger partial charge in [0.1, 0.15) is 9.84 Å². The van der Waals surface area contributed by atoms with Gasteiger partial charge in [-0.15, -0.1) is 0 Å². The number of hydrogen-bond donors (Lipinski definition) is 0. The molecule has 0 spiro atoms. The molecule has 1 fully saturated rings. The zero-order chi connectivity index (χ0) is 10.2. The van der Waals surface area contributed by atoms with Gasteiger partial charge in [-0.25, -0.2) is 8.42 Å². The summed E-state index contributed by atoms with van der Waals surface area (Å²) in [5.74, 6) is 0.0950. The molecule has 4 nitrogen and oxygen atoms in total. The summed E-state index contributed by atoms with van der Waals surface area (Å²) in [7, 11) is -1.19. The topological polar surface area (TPSA) is 54.5 Å². The third kappa shape index (κ3) is 2.21. The van der Waals surface area contributed by atoms with Crippen molar-refractivity contribution in [3.63, 3.8) is 0 Å². The van der Waals surface area contributed by atoms with E-state index in [1.165, 1.54) is 6.26 Å². The fraction of sp³-hybridized carbons (Fsp3) is 0.875. The molecule has 0 radical (unpaired) electrons. The van der Waals surface area contributed by atoms with Crippen molar-refractivity contribution in [1.82, 2.24) is 4.90 Å². The normalized spacial score (nSPS) is 28.8. The number of carbonyl (C=O) groups excluding carboxylic acids is 1. The smallest absolute Gasteiger partial charge is 0.227 e. The average Bonchev–Trinajstić information content (AvgIpc) is 2.01. The van der Waals surface area contributed by atoms with E-state index in [0.717, 1.165) is 0 Å². The van der Waals surface area contributed by atoms with Crippen LogP contribution in [0.4, 0.5) is 0 Å². The Bertz CT molecular complexity index is 309. The molecule has 1 rings (SSSR count). The Morgan fingerprint density at radius 3 is 2.38 bits per heavy atom. The van der Waals surface area contributed by atoms with E-state index in [-0.39, 0.29) is 23.6 Å². The molecule has 13 heavy (non-hydrogen) atoms. The van der Waals surface area contributed by atoms with Crippen LogP contribution >= 0.6 is 0 Å². The van der Waals surface area contributed by atoms with Crippen molar-refractivity contribution in [3.8, 4) is 0 Å². The van der Waals surface area contributed by atoms with Gasteiger partial charge >= 0.3 is 0 Å². The summed E-state index contributed by atoms with van der Waals surface area (Å²) in [6, 6.07) is 0.189. The highest BCUT2D eigenvalue weighted by Gasteiger charge is 2.41. The molecule has 0 aromatic carbocycles. The average molecular weight is 205 g/mol. The van der Waals surface area contributed by atoms with Crippen molar-refractivity contribution in [1.29, 1.82) is 0 Å². The predicted octanol–water partition coefficient (Wildman–Crippen LogP) is -0.102. The van der Waals surface area contributed by atoms with Crippen LogP contribution in [0.2, 0.25) is 0 Å². The summed E-state index contributed by atoms with van der Waals surface area (Å²) < 4.78 is 21.7. The van der Waals surface area contributed by atoms with Crippen molar-refractivity contribution < 1.29 is 13.2 Å². The zero-order valence-corrected chi connectivity index (χ0v) is 8.97. The lowest BCUT2D eigenvalue weighted by molar-refractivity contribution is -0.152. The largest absolute Gasteiger partial charge is 0.342 e. The van der Waals surface area contributed by atoms with Gasteiger partial charge in [0, 0.05) is 19.3 Å². The predicted molar refractivity (Wildman–Crippen MR) is 50.0 cm³/mol. The lowest BCUT2D eigenvalue weighted by Gasteiger charge is -2.43. The highest BCUT2D eigenvalue weighted by atomic mass is 32.2. The van der Waals surface area contributed by atoms with Crippen LogP contribution in [0.25, 0.3) is 0 Å². The molecule has 1 aliphatic heterocycles. The number of carbonyl (C=O) groups is 1. The summed E-state index contributed by atoms with van der Waals surface area (Å²) in [5.41, 5.74) is 0. The molecule has 0 aliphatic carbocycles. The van der Waals surface area contributed by atoms with Gasteiger partial charge < -0.3 is 4.90 Å². The van der Waals surface area contributed by atoms with Gasteiger partial charge in [-0.3, -0.25) is 4.79 Å². The Labute approximate surface area is 78.8 Å². The SMILES string of the molecule is C[C@H]1C(CCS(C)(=O)=O)C(=O)N1C. The number of rotatable bonds is 3. The molecule has 1 aliphatic rings. The standard InChI is InChI=1S/C8H15NO3S/c1-6-7(8(10)9(6)2)4-5-13(3,11)12/h6-7H,4-5H2,1-3H3/t6-,7?/m0/s1. The summed E-state index contributed by atoms with van der Waals surface area (Å²) in [4.78, 5) is 12.9. The molecule has 2 atom stereocenters. The van der Waals surface area contributed by atoms with E-state index in [9.17, 15) is 13.2 Å². The first-order valence-electron chi connectivity index (χ1n) is 4.27. The number of amides is 1. The summed E-state index contributed by atoms with van der Waals surface area (Å²) in [5, 5.41) is 0. The van der Waals surface area contributed by atoms with Crippen molar-refractivity contribution in [2.45, 2.75) is 19.4 Å². The highest BCUT2D eigenvalue weighted by Crippen LogP contribution is 2.27. The van der Waals surface area contributed by atoms with Crippen LogP contribution in [0.3, 0.4) is 0 Å². The second kappa shape index (κ2) is 3.29. The van der Waals surface area contributed by atoms with E-state index in [0.29, 0.717) is 6.42 Å². The molecule has 5 heteroatoms. The second-order valence-electron chi connectivity index (χ2n) is 3.71. The van der Waals surface area contributed by atoms with E-state index in [4.69, 9.17) is 0 Å². The van der Waals surface area contributed by atoms with Gasteiger partial charge in [0.25, 0.3) is 0 Å². The quantitative estimate of drug-likeness (QED) is 0.604. The number of hydrogen-bond acceptors (Lipinski definition) is 3. The van der Waals surface area contributed by atoms with E-state index in [1.807, 2.05) is 6.92 Å². The molecular formula is C8H15NO3S. The number of nitrogens with zero attached hydrogens (tertiary/aromatic N) is 1. The van der Waals surface area contributed by atoms with Gasteiger partial charge in [0.05, 0.1) is 11.7 Å². The van der Waals surface area contributed by atoms with E-state index >= 15 is 0 Å². The first-order chi connectivity index (χ1) is 5.83. The molecule has 1 unspecified atom stereocenters. The summed E-state index contributed by atoms with van der Waals surface area (Å²) >= 11 is 0. The monoisotopic (exact) mass is 205 g/mol. The van der Waals surface area contributed by atoms with E-state index in [1.54, 1.807) is 11.9 Å². The highest BCUT2D eigenvalue weighted by molar-refractivity contribution is 7.90. The van der Waals surface area contributed by atoms with Crippen molar-refractivity contribution in [2.24, 2.45) is 5.92 Å². The van der Waals surface area contributed by atoms with Crippen LogP contribution in [0.15, 0.2) is 0 Å². The first-order valence-corrected chi connectivity index (χ1v) is 6.33. The molecule has 0 bridgehead atoms. The molecular weight excluding hydrogens is 190 g/mol. The van der Waals surface area contributed by atoms with Crippen molar-refractivity contribution >= 4 is 15.7 Å². The number of β-lactam (4-membered cyclic amide) rings is 1. The summed E-state index contributed by atoms with van der Waals surface area (Å²) in [6.45, 7) is 1.94. The molecule has 0 N–H and O–H groups in total. The maximum atomic E-state index is 11.2. The second-order valence-corrected chi connectivity index (χ2v) is 5.97. The molecule has 76 valence electrons.